The van der Waals surface area contributed by atoms with Crippen LogP contribution >= 0.6 is 11.8 Å². The molecule has 6 nitrogen and oxygen atoms in total. The Labute approximate surface area is 121 Å². The lowest BCUT2D eigenvalue weighted by atomic mass is 10.2. The van der Waals surface area contributed by atoms with Crippen molar-refractivity contribution < 1.29 is 9.90 Å². The molecule has 2 aromatic rings. The number of tetrazole rings is 1. The topological polar surface area (TPSA) is 80.9 Å². The summed E-state index contributed by atoms with van der Waals surface area (Å²) in [5, 5.41) is 21.0. The highest BCUT2D eigenvalue weighted by Crippen LogP contribution is 2.19. The van der Waals surface area contributed by atoms with E-state index in [1.165, 1.54) is 0 Å². The maximum Gasteiger partial charge on any atom is 0.303 e. The molecule has 0 radical (unpaired) electrons. The molecule has 0 amide bonds. The van der Waals surface area contributed by atoms with E-state index in [1.807, 2.05) is 30.3 Å². The van der Waals surface area contributed by atoms with Crippen molar-refractivity contribution in [1.29, 1.82) is 0 Å². The fraction of sp³-hybridized carbons (Fsp3) is 0.385. The van der Waals surface area contributed by atoms with Crippen molar-refractivity contribution in [2.45, 2.75) is 30.8 Å². The molecule has 1 aromatic heterocycles. The molecular formula is C13H16N4O2S. The fourth-order valence-corrected chi connectivity index (χ4v) is 2.61. The zero-order valence-corrected chi connectivity index (χ0v) is 11.8. The summed E-state index contributed by atoms with van der Waals surface area (Å²) in [5.74, 6) is 0.151. The van der Waals surface area contributed by atoms with Crippen LogP contribution < -0.4 is 0 Å². The minimum atomic E-state index is -0.731. The number of aliphatic carboxylic acids is 1. The number of carbonyl (C=O) groups is 1. The maximum atomic E-state index is 10.4. The molecular weight excluding hydrogens is 276 g/mol. The largest absolute Gasteiger partial charge is 0.481 e. The van der Waals surface area contributed by atoms with Crippen molar-refractivity contribution in [3.05, 3.63) is 30.3 Å². The van der Waals surface area contributed by atoms with Gasteiger partial charge in [-0.25, -0.2) is 0 Å². The Morgan fingerprint density at radius 1 is 1.20 bits per heavy atom. The third-order valence-corrected chi connectivity index (χ3v) is 3.71. The van der Waals surface area contributed by atoms with Gasteiger partial charge in [0.1, 0.15) is 0 Å². The molecule has 106 valence electrons. The summed E-state index contributed by atoms with van der Waals surface area (Å²) in [6.45, 7) is 0. The van der Waals surface area contributed by atoms with Gasteiger partial charge in [0.2, 0.25) is 5.16 Å². The van der Waals surface area contributed by atoms with E-state index >= 15 is 0 Å². The predicted octanol–water partition coefficient (Wildman–Crippen LogP) is 2.40. The molecule has 0 unspecified atom stereocenters. The van der Waals surface area contributed by atoms with E-state index in [0.29, 0.717) is 0 Å². The molecule has 2 rings (SSSR count). The molecule has 1 heterocycles. The maximum absolute atomic E-state index is 10.4. The summed E-state index contributed by atoms with van der Waals surface area (Å²) in [4.78, 5) is 10.4. The van der Waals surface area contributed by atoms with Crippen LogP contribution in [0.15, 0.2) is 35.5 Å². The lowest BCUT2D eigenvalue weighted by molar-refractivity contribution is -0.137. The van der Waals surface area contributed by atoms with Gasteiger partial charge in [-0.3, -0.25) is 4.79 Å². The number of unbranched alkanes of at least 4 members (excludes halogenated alkanes) is 2. The first-order valence-corrected chi connectivity index (χ1v) is 7.44. The Balaban J connectivity index is 1.80. The highest BCUT2D eigenvalue weighted by atomic mass is 32.2. The first-order chi connectivity index (χ1) is 9.77. The number of nitrogens with zero attached hydrogens (tertiary/aromatic N) is 4. The van der Waals surface area contributed by atoms with E-state index < -0.39 is 5.97 Å². The third kappa shape index (κ3) is 4.34. The van der Waals surface area contributed by atoms with Crippen LogP contribution in [0.4, 0.5) is 0 Å². The molecule has 0 saturated carbocycles. The fourth-order valence-electron chi connectivity index (χ4n) is 1.72. The average Bonchev–Trinajstić information content (AvgIpc) is 2.92. The molecule has 0 aliphatic carbocycles. The van der Waals surface area contributed by atoms with Gasteiger partial charge in [-0.15, -0.1) is 5.10 Å². The van der Waals surface area contributed by atoms with E-state index in [2.05, 4.69) is 15.5 Å². The van der Waals surface area contributed by atoms with E-state index in [4.69, 9.17) is 5.11 Å². The van der Waals surface area contributed by atoms with Gasteiger partial charge in [-0.2, -0.15) is 4.68 Å². The van der Waals surface area contributed by atoms with Crippen LogP contribution in [-0.2, 0) is 4.79 Å². The Kier molecular flexibility index (Phi) is 5.55. The standard InChI is InChI=1S/C13H16N4O2S/c18-12(19)9-5-2-6-10-20-13-14-15-16-17(13)11-7-3-1-4-8-11/h1,3-4,7-8H,2,5-6,9-10H2,(H,18,19). The van der Waals surface area contributed by atoms with Crippen molar-refractivity contribution in [3.63, 3.8) is 0 Å². The number of hydrogen-bond acceptors (Lipinski definition) is 5. The van der Waals surface area contributed by atoms with Crippen molar-refractivity contribution >= 4 is 17.7 Å². The van der Waals surface area contributed by atoms with Crippen LogP contribution in [0.25, 0.3) is 5.69 Å². The van der Waals surface area contributed by atoms with Gasteiger partial charge >= 0.3 is 5.97 Å². The monoisotopic (exact) mass is 292 g/mol. The van der Waals surface area contributed by atoms with Crippen LogP contribution in [0, 0.1) is 0 Å². The molecule has 0 bridgehead atoms. The van der Waals surface area contributed by atoms with Crippen LogP contribution in [-0.4, -0.2) is 37.0 Å². The number of thioether (sulfide) groups is 1. The lowest BCUT2D eigenvalue weighted by Gasteiger charge is -2.03. The molecule has 0 spiro atoms. The third-order valence-electron chi connectivity index (χ3n) is 2.71. The molecule has 0 saturated heterocycles. The second-order valence-electron chi connectivity index (χ2n) is 4.26. The van der Waals surface area contributed by atoms with Gasteiger partial charge in [-0.1, -0.05) is 36.4 Å². The summed E-state index contributed by atoms with van der Waals surface area (Å²) in [6.07, 6.45) is 2.83. The van der Waals surface area contributed by atoms with Crippen molar-refractivity contribution in [2.75, 3.05) is 5.75 Å². The van der Waals surface area contributed by atoms with Crippen molar-refractivity contribution in [3.8, 4) is 5.69 Å². The number of para-hydroxylation sites is 1. The molecule has 1 aromatic carbocycles. The number of benzene rings is 1. The lowest BCUT2D eigenvalue weighted by Crippen LogP contribution is -1.99. The van der Waals surface area contributed by atoms with Crippen LogP contribution in [0.2, 0.25) is 0 Å². The van der Waals surface area contributed by atoms with E-state index in [1.54, 1.807) is 16.4 Å². The van der Waals surface area contributed by atoms with Gasteiger partial charge in [0.25, 0.3) is 0 Å². The van der Waals surface area contributed by atoms with Gasteiger partial charge in [0, 0.05) is 12.2 Å². The second kappa shape index (κ2) is 7.64. The van der Waals surface area contributed by atoms with Gasteiger partial charge in [0.15, 0.2) is 0 Å². The molecule has 0 atom stereocenters. The highest BCUT2D eigenvalue weighted by molar-refractivity contribution is 7.99. The van der Waals surface area contributed by atoms with Crippen LogP contribution in [0.1, 0.15) is 25.7 Å². The minimum absolute atomic E-state index is 0.242. The minimum Gasteiger partial charge on any atom is -0.481 e. The second-order valence-corrected chi connectivity index (χ2v) is 5.32. The smallest absolute Gasteiger partial charge is 0.303 e. The molecule has 0 aliphatic rings. The first kappa shape index (κ1) is 14.5. The molecule has 20 heavy (non-hydrogen) atoms. The van der Waals surface area contributed by atoms with Crippen molar-refractivity contribution in [2.24, 2.45) is 0 Å². The summed E-state index contributed by atoms with van der Waals surface area (Å²) in [7, 11) is 0. The number of carboxylic acids is 1. The Morgan fingerprint density at radius 2 is 2.00 bits per heavy atom. The van der Waals surface area contributed by atoms with Gasteiger partial charge in [-0.05, 0) is 35.4 Å². The quantitative estimate of drug-likeness (QED) is 0.594. The molecule has 0 aliphatic heterocycles. The zero-order chi connectivity index (χ0) is 14.2. The summed E-state index contributed by atoms with van der Waals surface area (Å²) < 4.78 is 1.71. The molecule has 1 N–H and O–H groups in total. The molecule has 7 heteroatoms. The Bertz CT molecular complexity index is 544. The van der Waals surface area contributed by atoms with E-state index in [-0.39, 0.29) is 6.42 Å². The zero-order valence-electron chi connectivity index (χ0n) is 11.0. The number of carboxylic acid groups (broad SMARTS) is 1. The predicted molar refractivity (Wildman–Crippen MR) is 76.0 cm³/mol. The Hall–Kier alpha value is -1.89. The molecule has 0 fully saturated rings. The SMILES string of the molecule is O=C(O)CCCCCSc1nnnn1-c1ccccc1. The normalized spacial score (nSPS) is 10.6. The first-order valence-electron chi connectivity index (χ1n) is 6.46. The summed E-state index contributed by atoms with van der Waals surface area (Å²) in [6, 6.07) is 9.73. The number of rotatable bonds is 8. The van der Waals surface area contributed by atoms with Crippen LogP contribution in [0.3, 0.4) is 0 Å². The average molecular weight is 292 g/mol. The van der Waals surface area contributed by atoms with E-state index in [0.717, 1.165) is 35.9 Å². The van der Waals surface area contributed by atoms with Gasteiger partial charge < -0.3 is 5.11 Å². The Morgan fingerprint density at radius 3 is 2.75 bits per heavy atom. The summed E-state index contributed by atoms with van der Waals surface area (Å²) >= 11 is 1.59. The highest BCUT2D eigenvalue weighted by Gasteiger charge is 2.08. The number of hydrogen-bond donors (Lipinski definition) is 1. The summed E-state index contributed by atoms with van der Waals surface area (Å²) in [5.41, 5.74) is 0.936. The van der Waals surface area contributed by atoms with Crippen molar-refractivity contribution in [1.82, 2.24) is 20.2 Å². The number of aromatic nitrogens is 4. The van der Waals surface area contributed by atoms with E-state index in [9.17, 15) is 4.79 Å². The van der Waals surface area contributed by atoms with Gasteiger partial charge in [0.05, 0.1) is 5.69 Å². The van der Waals surface area contributed by atoms with Crippen LogP contribution in [0.5, 0.6) is 0 Å².